The highest BCUT2D eigenvalue weighted by Gasteiger charge is 2.43. The molecule has 2 aliphatic rings. The van der Waals surface area contributed by atoms with Gasteiger partial charge in [-0.1, -0.05) is 58.4 Å². The molecular formula is C25H24BrN3O2. The molecule has 2 atom stereocenters. The molecule has 5 rings (SSSR count). The summed E-state index contributed by atoms with van der Waals surface area (Å²) in [5.74, 6) is 1.11. The number of hydrogen-bond acceptors (Lipinski definition) is 3. The number of aryl methyl sites for hydroxylation is 2. The molecule has 2 aliphatic carbocycles. The second-order valence-corrected chi connectivity index (χ2v) is 9.10. The van der Waals surface area contributed by atoms with Crippen molar-refractivity contribution in [3.63, 3.8) is 0 Å². The highest BCUT2D eigenvalue weighted by Crippen LogP contribution is 2.38. The molecule has 0 bridgehead atoms. The Bertz CT molecular complexity index is 1130. The molecule has 1 saturated carbocycles. The summed E-state index contributed by atoms with van der Waals surface area (Å²) in [6.07, 6.45) is 4.43. The predicted octanol–water partition coefficient (Wildman–Crippen LogP) is 5.65. The Morgan fingerprint density at radius 2 is 2.10 bits per heavy atom. The molecule has 1 aromatic heterocycles. The first-order chi connectivity index (χ1) is 15.1. The zero-order valence-electron chi connectivity index (χ0n) is 17.2. The van der Waals surface area contributed by atoms with Gasteiger partial charge in [0.1, 0.15) is 12.4 Å². The molecule has 1 heterocycles. The summed E-state index contributed by atoms with van der Waals surface area (Å²) in [6, 6.07) is 16.2. The van der Waals surface area contributed by atoms with Crippen molar-refractivity contribution in [2.45, 2.75) is 38.5 Å². The fraction of sp³-hybridized carbons (Fsp3) is 0.280. The quantitative estimate of drug-likeness (QED) is 0.466. The van der Waals surface area contributed by atoms with Gasteiger partial charge in [0.2, 0.25) is 0 Å². The van der Waals surface area contributed by atoms with Crippen LogP contribution in [0.2, 0.25) is 0 Å². The Morgan fingerprint density at radius 1 is 1.26 bits per heavy atom. The molecule has 1 fully saturated rings. The standard InChI is InChI=1S/C25H24BrN3O2/c1-2-17-13-22(17)29(25(30)31-15-16-6-4-3-5-7-16)14-23-27-21-11-8-18-12-19(26)9-10-20(18)24(21)28-23/h2-7,9-10,12,17,22H,1,8,11,13-15H2,(H,27,28). The lowest BCUT2D eigenvalue weighted by Gasteiger charge is -2.21. The van der Waals surface area contributed by atoms with E-state index in [2.05, 4.69) is 45.7 Å². The minimum atomic E-state index is -0.308. The van der Waals surface area contributed by atoms with E-state index >= 15 is 0 Å². The number of aromatic nitrogens is 2. The maximum Gasteiger partial charge on any atom is 0.410 e. The summed E-state index contributed by atoms with van der Waals surface area (Å²) >= 11 is 3.56. The minimum absolute atomic E-state index is 0.117. The average Bonchev–Trinajstić information content (AvgIpc) is 3.45. The van der Waals surface area contributed by atoms with Crippen molar-refractivity contribution >= 4 is 22.0 Å². The molecule has 31 heavy (non-hydrogen) atoms. The third-order valence-electron chi connectivity index (χ3n) is 6.06. The number of nitrogens with zero attached hydrogens (tertiary/aromatic N) is 2. The lowest BCUT2D eigenvalue weighted by Crippen LogP contribution is -2.34. The van der Waals surface area contributed by atoms with Crippen LogP contribution in [0, 0.1) is 5.92 Å². The normalized spacial score (nSPS) is 18.6. The van der Waals surface area contributed by atoms with Crippen molar-refractivity contribution in [2.75, 3.05) is 0 Å². The smallest absolute Gasteiger partial charge is 0.410 e. The van der Waals surface area contributed by atoms with E-state index in [-0.39, 0.29) is 18.7 Å². The van der Waals surface area contributed by atoms with Gasteiger partial charge in [-0.3, -0.25) is 4.90 Å². The topological polar surface area (TPSA) is 58.2 Å². The zero-order chi connectivity index (χ0) is 21.4. The van der Waals surface area contributed by atoms with Gasteiger partial charge in [0.15, 0.2) is 0 Å². The Labute approximate surface area is 190 Å². The van der Waals surface area contributed by atoms with Crippen LogP contribution in [-0.2, 0) is 30.7 Å². The summed E-state index contributed by atoms with van der Waals surface area (Å²) in [4.78, 5) is 23.1. The lowest BCUT2D eigenvalue weighted by molar-refractivity contribution is 0.0889. The van der Waals surface area contributed by atoms with E-state index in [9.17, 15) is 4.79 Å². The number of fused-ring (bicyclic) bond motifs is 3. The summed E-state index contributed by atoms with van der Waals surface area (Å²) in [7, 11) is 0. The van der Waals surface area contributed by atoms with Gasteiger partial charge in [-0.2, -0.15) is 0 Å². The average molecular weight is 478 g/mol. The van der Waals surface area contributed by atoms with Crippen molar-refractivity contribution in [3.8, 4) is 11.3 Å². The maximum absolute atomic E-state index is 13.0. The molecule has 2 unspecified atom stereocenters. The van der Waals surface area contributed by atoms with Crippen molar-refractivity contribution < 1.29 is 9.53 Å². The van der Waals surface area contributed by atoms with E-state index in [0.717, 1.165) is 46.5 Å². The molecule has 3 aromatic rings. The van der Waals surface area contributed by atoms with Crippen LogP contribution >= 0.6 is 15.9 Å². The van der Waals surface area contributed by atoms with Gasteiger partial charge in [-0.25, -0.2) is 9.78 Å². The predicted molar refractivity (Wildman–Crippen MR) is 123 cm³/mol. The minimum Gasteiger partial charge on any atom is -0.445 e. The van der Waals surface area contributed by atoms with Crippen LogP contribution in [-0.4, -0.2) is 27.0 Å². The molecule has 0 saturated heterocycles. The third-order valence-corrected chi connectivity index (χ3v) is 6.56. The first-order valence-corrected chi connectivity index (χ1v) is 11.4. The summed E-state index contributed by atoms with van der Waals surface area (Å²) in [5.41, 5.74) is 5.58. The van der Waals surface area contributed by atoms with Gasteiger partial charge in [0, 0.05) is 21.8 Å². The molecule has 0 aliphatic heterocycles. The van der Waals surface area contributed by atoms with E-state index in [1.54, 1.807) is 4.90 Å². The van der Waals surface area contributed by atoms with Crippen LogP contribution in [0.15, 0.2) is 65.7 Å². The van der Waals surface area contributed by atoms with Crippen LogP contribution < -0.4 is 0 Å². The van der Waals surface area contributed by atoms with E-state index in [0.29, 0.717) is 12.5 Å². The number of imidazole rings is 1. The fourth-order valence-electron chi connectivity index (χ4n) is 4.29. The van der Waals surface area contributed by atoms with E-state index in [1.165, 1.54) is 11.1 Å². The van der Waals surface area contributed by atoms with E-state index in [1.807, 2.05) is 36.4 Å². The van der Waals surface area contributed by atoms with Crippen molar-refractivity contribution in [1.29, 1.82) is 0 Å². The number of hydrogen-bond donors (Lipinski definition) is 1. The molecule has 2 aromatic carbocycles. The molecule has 0 spiro atoms. The van der Waals surface area contributed by atoms with Crippen molar-refractivity contribution in [2.24, 2.45) is 5.92 Å². The molecule has 5 nitrogen and oxygen atoms in total. The van der Waals surface area contributed by atoms with Crippen LogP contribution in [0.1, 0.15) is 29.1 Å². The number of nitrogens with one attached hydrogen (secondary N) is 1. The SMILES string of the molecule is C=CC1CC1N(Cc1nc2c([nH]1)CCc1cc(Br)ccc1-2)C(=O)OCc1ccccc1. The molecule has 158 valence electrons. The van der Waals surface area contributed by atoms with E-state index < -0.39 is 0 Å². The second-order valence-electron chi connectivity index (χ2n) is 8.18. The van der Waals surface area contributed by atoms with Gasteiger partial charge in [0.25, 0.3) is 0 Å². The number of amides is 1. The second kappa shape index (κ2) is 8.35. The Morgan fingerprint density at radius 3 is 2.87 bits per heavy atom. The van der Waals surface area contributed by atoms with Gasteiger partial charge in [-0.15, -0.1) is 6.58 Å². The molecule has 6 heteroatoms. The van der Waals surface area contributed by atoms with Crippen LogP contribution in [0.5, 0.6) is 0 Å². The number of rotatable bonds is 6. The van der Waals surface area contributed by atoms with Crippen molar-refractivity contribution in [3.05, 3.63) is 88.3 Å². The monoisotopic (exact) mass is 477 g/mol. The Kier molecular flexibility index (Phi) is 5.40. The van der Waals surface area contributed by atoms with Gasteiger partial charge in [0.05, 0.1) is 12.2 Å². The first kappa shape index (κ1) is 20.1. The van der Waals surface area contributed by atoms with E-state index in [4.69, 9.17) is 9.72 Å². The number of halogens is 1. The third kappa shape index (κ3) is 4.17. The van der Waals surface area contributed by atoms with Crippen LogP contribution in [0.3, 0.4) is 0 Å². The molecule has 0 radical (unpaired) electrons. The highest BCUT2D eigenvalue weighted by atomic mass is 79.9. The van der Waals surface area contributed by atoms with Gasteiger partial charge in [-0.05, 0) is 48.4 Å². The largest absolute Gasteiger partial charge is 0.445 e. The first-order valence-electron chi connectivity index (χ1n) is 10.6. The van der Waals surface area contributed by atoms with Crippen LogP contribution in [0.25, 0.3) is 11.3 Å². The number of H-pyrrole nitrogens is 1. The maximum atomic E-state index is 13.0. The molecule has 1 N–H and O–H groups in total. The number of aromatic amines is 1. The van der Waals surface area contributed by atoms with Gasteiger partial charge >= 0.3 is 6.09 Å². The summed E-state index contributed by atoms with van der Waals surface area (Å²) in [6.45, 7) is 4.56. The van der Waals surface area contributed by atoms with Gasteiger partial charge < -0.3 is 9.72 Å². The van der Waals surface area contributed by atoms with Crippen LogP contribution in [0.4, 0.5) is 4.79 Å². The number of benzene rings is 2. The molecular weight excluding hydrogens is 454 g/mol. The zero-order valence-corrected chi connectivity index (χ0v) is 18.8. The number of carbonyl (C=O) groups excluding carboxylic acids is 1. The number of ether oxygens (including phenoxy) is 1. The highest BCUT2D eigenvalue weighted by molar-refractivity contribution is 9.10. The Hall–Kier alpha value is -2.86. The fourth-order valence-corrected chi connectivity index (χ4v) is 4.70. The number of carbonyl (C=O) groups is 1. The molecule has 1 amide bonds. The van der Waals surface area contributed by atoms with Crippen molar-refractivity contribution in [1.82, 2.24) is 14.9 Å². The summed E-state index contributed by atoms with van der Waals surface area (Å²) in [5, 5.41) is 0. The lowest BCUT2D eigenvalue weighted by atomic mass is 9.92. The summed E-state index contributed by atoms with van der Waals surface area (Å²) < 4.78 is 6.72. The Balaban J connectivity index is 1.35.